The second-order valence-corrected chi connectivity index (χ2v) is 5.35. The maximum atomic E-state index is 11.2. The minimum atomic E-state index is -0.107. The number of carbonyl (C=O) groups excluding carboxylic acids is 1. The number of rotatable bonds is 9. The van der Waals surface area contributed by atoms with E-state index in [4.69, 9.17) is 9.47 Å². The van der Waals surface area contributed by atoms with Gasteiger partial charge in [0.1, 0.15) is 5.75 Å². The molecule has 2 rings (SSSR count). The van der Waals surface area contributed by atoms with Crippen molar-refractivity contribution < 1.29 is 14.3 Å². The number of hydrogen-bond acceptors (Lipinski definition) is 3. The first-order valence-corrected chi connectivity index (χ1v) is 8.23. The van der Waals surface area contributed by atoms with Gasteiger partial charge < -0.3 is 9.47 Å². The van der Waals surface area contributed by atoms with Gasteiger partial charge in [0.2, 0.25) is 0 Å². The third kappa shape index (κ3) is 6.15. The molecule has 23 heavy (non-hydrogen) atoms. The zero-order valence-corrected chi connectivity index (χ0v) is 13.7. The van der Waals surface area contributed by atoms with Crippen molar-refractivity contribution in [3.63, 3.8) is 0 Å². The summed E-state index contributed by atoms with van der Waals surface area (Å²) in [6.07, 6.45) is 3.27. The molecule has 0 aromatic heterocycles. The number of carbonyl (C=O) groups is 1. The zero-order chi connectivity index (χ0) is 16.3. The third-order valence-corrected chi connectivity index (χ3v) is 3.56. The Morgan fingerprint density at radius 2 is 1.57 bits per heavy atom. The molecule has 2 aromatic carbocycles. The lowest BCUT2D eigenvalue weighted by Gasteiger charge is -2.07. The Labute approximate surface area is 138 Å². The minimum absolute atomic E-state index is 0.107. The van der Waals surface area contributed by atoms with Crippen LogP contribution in [0.2, 0.25) is 0 Å². The van der Waals surface area contributed by atoms with E-state index in [0.717, 1.165) is 25.0 Å². The van der Waals surface area contributed by atoms with Gasteiger partial charge in [-0.15, -0.1) is 0 Å². The van der Waals surface area contributed by atoms with Gasteiger partial charge in [0.05, 0.1) is 13.2 Å². The first-order chi connectivity index (χ1) is 11.3. The molecule has 0 saturated heterocycles. The molecular weight excluding hydrogens is 288 g/mol. The molecule has 3 nitrogen and oxygen atoms in total. The smallest absolute Gasteiger partial charge is 0.305 e. The third-order valence-electron chi connectivity index (χ3n) is 3.56. The minimum Gasteiger partial charge on any atom is -0.494 e. The van der Waals surface area contributed by atoms with Crippen molar-refractivity contribution >= 4 is 5.97 Å². The Kier molecular flexibility index (Phi) is 7.18. The second-order valence-electron chi connectivity index (χ2n) is 5.35. The molecular formula is C20H24O3. The lowest BCUT2D eigenvalue weighted by Crippen LogP contribution is -2.04. The fraction of sp³-hybridized carbons (Fsp3) is 0.350. The van der Waals surface area contributed by atoms with Gasteiger partial charge >= 0.3 is 5.97 Å². The van der Waals surface area contributed by atoms with Gasteiger partial charge in [-0.3, -0.25) is 4.79 Å². The van der Waals surface area contributed by atoms with E-state index in [1.54, 1.807) is 0 Å². The van der Waals surface area contributed by atoms with E-state index >= 15 is 0 Å². The summed E-state index contributed by atoms with van der Waals surface area (Å²) in [7, 11) is 0. The molecule has 0 aliphatic heterocycles. The SMILES string of the molecule is CCOC(=O)CCCCCOc1ccc(-c2ccccc2)cc1. The molecule has 2 aromatic rings. The summed E-state index contributed by atoms with van der Waals surface area (Å²) in [6, 6.07) is 18.4. The topological polar surface area (TPSA) is 35.5 Å². The first-order valence-electron chi connectivity index (χ1n) is 8.23. The van der Waals surface area contributed by atoms with Crippen molar-refractivity contribution in [3.8, 4) is 16.9 Å². The zero-order valence-electron chi connectivity index (χ0n) is 13.7. The maximum absolute atomic E-state index is 11.2. The summed E-state index contributed by atoms with van der Waals surface area (Å²) >= 11 is 0. The van der Waals surface area contributed by atoms with Crippen LogP contribution in [0.3, 0.4) is 0 Å². The molecule has 0 atom stereocenters. The van der Waals surface area contributed by atoms with Crippen LogP contribution < -0.4 is 4.74 Å². The van der Waals surface area contributed by atoms with Crippen LogP contribution in [0.25, 0.3) is 11.1 Å². The fourth-order valence-electron chi connectivity index (χ4n) is 2.35. The Morgan fingerprint density at radius 1 is 0.870 bits per heavy atom. The average molecular weight is 312 g/mol. The maximum Gasteiger partial charge on any atom is 0.305 e. The van der Waals surface area contributed by atoms with Crippen molar-refractivity contribution in [1.82, 2.24) is 0 Å². The molecule has 0 unspecified atom stereocenters. The molecule has 0 N–H and O–H groups in total. The average Bonchev–Trinajstić information content (AvgIpc) is 2.59. The highest BCUT2D eigenvalue weighted by molar-refractivity contribution is 5.69. The molecule has 0 bridgehead atoms. The molecule has 0 aliphatic rings. The van der Waals surface area contributed by atoms with E-state index in [1.807, 2.05) is 37.3 Å². The van der Waals surface area contributed by atoms with Crippen molar-refractivity contribution in [3.05, 3.63) is 54.6 Å². The highest BCUT2D eigenvalue weighted by Crippen LogP contribution is 2.22. The summed E-state index contributed by atoms with van der Waals surface area (Å²) in [6.45, 7) is 2.96. The molecule has 0 radical (unpaired) electrons. The second kappa shape index (κ2) is 9.67. The van der Waals surface area contributed by atoms with E-state index in [-0.39, 0.29) is 5.97 Å². The largest absolute Gasteiger partial charge is 0.494 e. The van der Waals surface area contributed by atoms with Gasteiger partial charge in [0, 0.05) is 6.42 Å². The molecule has 3 heteroatoms. The van der Waals surface area contributed by atoms with Crippen LogP contribution in [-0.2, 0) is 9.53 Å². The molecule has 0 spiro atoms. The highest BCUT2D eigenvalue weighted by Gasteiger charge is 2.01. The standard InChI is InChI=1S/C20H24O3/c1-2-22-20(21)11-7-4-8-16-23-19-14-12-18(13-15-19)17-9-5-3-6-10-17/h3,5-6,9-10,12-15H,2,4,7-8,11,16H2,1H3. The lowest BCUT2D eigenvalue weighted by molar-refractivity contribution is -0.143. The van der Waals surface area contributed by atoms with Crippen LogP contribution in [0.1, 0.15) is 32.6 Å². The van der Waals surface area contributed by atoms with Crippen LogP contribution in [0.5, 0.6) is 5.75 Å². The normalized spacial score (nSPS) is 10.3. The molecule has 0 aliphatic carbocycles. The first kappa shape index (κ1) is 17.1. The van der Waals surface area contributed by atoms with Gasteiger partial charge in [-0.2, -0.15) is 0 Å². The molecule has 0 heterocycles. The van der Waals surface area contributed by atoms with Crippen molar-refractivity contribution in [2.24, 2.45) is 0 Å². The number of benzene rings is 2. The van der Waals surface area contributed by atoms with Crippen LogP contribution in [-0.4, -0.2) is 19.2 Å². The quantitative estimate of drug-likeness (QED) is 0.490. The van der Waals surface area contributed by atoms with E-state index in [9.17, 15) is 4.79 Å². The summed E-state index contributed by atoms with van der Waals surface area (Å²) < 4.78 is 10.6. The summed E-state index contributed by atoms with van der Waals surface area (Å²) in [5.74, 6) is 0.778. The number of hydrogen-bond donors (Lipinski definition) is 0. The Balaban J connectivity index is 1.66. The Hall–Kier alpha value is -2.29. The Bertz CT molecular complexity index is 576. The van der Waals surface area contributed by atoms with E-state index in [1.165, 1.54) is 11.1 Å². The van der Waals surface area contributed by atoms with E-state index < -0.39 is 0 Å². The number of ether oxygens (including phenoxy) is 2. The highest BCUT2D eigenvalue weighted by atomic mass is 16.5. The van der Waals surface area contributed by atoms with Crippen LogP contribution in [0.4, 0.5) is 0 Å². The van der Waals surface area contributed by atoms with Crippen molar-refractivity contribution in [2.75, 3.05) is 13.2 Å². The fourth-order valence-corrected chi connectivity index (χ4v) is 2.35. The predicted octanol–water partition coefficient (Wildman–Crippen LogP) is 4.86. The van der Waals surface area contributed by atoms with Gasteiger partial charge in [-0.1, -0.05) is 42.5 Å². The Morgan fingerprint density at radius 3 is 2.26 bits per heavy atom. The van der Waals surface area contributed by atoms with Crippen LogP contribution in [0.15, 0.2) is 54.6 Å². The van der Waals surface area contributed by atoms with Gasteiger partial charge in [0.25, 0.3) is 0 Å². The predicted molar refractivity (Wildman–Crippen MR) is 92.5 cm³/mol. The summed E-state index contributed by atoms with van der Waals surface area (Å²) in [4.78, 5) is 11.2. The molecule has 0 saturated carbocycles. The van der Waals surface area contributed by atoms with E-state index in [0.29, 0.717) is 19.6 Å². The number of esters is 1. The molecule has 122 valence electrons. The van der Waals surface area contributed by atoms with Crippen molar-refractivity contribution in [2.45, 2.75) is 32.6 Å². The van der Waals surface area contributed by atoms with Crippen LogP contribution >= 0.6 is 0 Å². The van der Waals surface area contributed by atoms with Gasteiger partial charge in [-0.25, -0.2) is 0 Å². The number of unbranched alkanes of at least 4 members (excludes halogenated alkanes) is 2. The monoisotopic (exact) mass is 312 g/mol. The van der Waals surface area contributed by atoms with Crippen LogP contribution in [0, 0.1) is 0 Å². The van der Waals surface area contributed by atoms with Gasteiger partial charge in [-0.05, 0) is 49.4 Å². The summed E-state index contributed by atoms with van der Waals surface area (Å²) in [5.41, 5.74) is 2.39. The molecule has 0 amide bonds. The lowest BCUT2D eigenvalue weighted by atomic mass is 10.1. The van der Waals surface area contributed by atoms with Gasteiger partial charge in [0.15, 0.2) is 0 Å². The summed E-state index contributed by atoms with van der Waals surface area (Å²) in [5, 5.41) is 0. The molecule has 0 fully saturated rings. The van der Waals surface area contributed by atoms with E-state index in [2.05, 4.69) is 24.3 Å². The van der Waals surface area contributed by atoms with Crippen molar-refractivity contribution in [1.29, 1.82) is 0 Å².